The molecule has 0 radical (unpaired) electrons. The lowest BCUT2D eigenvalue weighted by Gasteiger charge is -2.30. The molecule has 0 bridgehead atoms. The first-order chi connectivity index (χ1) is 11.8. The second-order valence-corrected chi connectivity index (χ2v) is 7.79. The van der Waals surface area contributed by atoms with E-state index in [0.29, 0.717) is 18.7 Å². The Hall–Kier alpha value is -2.38. The van der Waals surface area contributed by atoms with Crippen LogP contribution in [0, 0.1) is 0 Å². The van der Waals surface area contributed by atoms with Crippen LogP contribution in [0.3, 0.4) is 0 Å². The molecule has 25 heavy (non-hydrogen) atoms. The van der Waals surface area contributed by atoms with E-state index in [0.717, 1.165) is 12.0 Å². The number of hydrogen-bond acceptors (Lipinski definition) is 3. The average Bonchev–Trinajstić information content (AvgIpc) is 2.60. The lowest BCUT2D eigenvalue weighted by atomic mass is 10.0. The number of amides is 2. The third-order valence-corrected chi connectivity index (χ3v) is 5.36. The smallest absolute Gasteiger partial charge is 0.318 e. The second-order valence-electron chi connectivity index (χ2n) is 6.23. The van der Waals surface area contributed by atoms with Crippen LogP contribution in [0.1, 0.15) is 29.7 Å². The number of carbonyl (C=O) groups excluding carboxylic acids is 1. The summed E-state index contributed by atoms with van der Waals surface area (Å²) in [5.41, 5.74) is 3.13. The Bertz CT molecular complexity index is 896. The molecule has 0 fully saturated rings. The standard InChI is InChI=1S/C18H21N3O3S/c1-13(15-7-4-8-17(11-15)25(19,23)24)20-18(22)21-10-9-14-5-2-3-6-16(14)12-21/h2-8,11,13H,9-10,12H2,1H3,(H,20,22)(H2,19,23,24). The largest absolute Gasteiger partial charge is 0.331 e. The summed E-state index contributed by atoms with van der Waals surface area (Å²) in [5.74, 6) is 0. The Morgan fingerprint density at radius 2 is 1.88 bits per heavy atom. The fourth-order valence-corrected chi connectivity index (χ4v) is 3.56. The highest BCUT2D eigenvalue weighted by Gasteiger charge is 2.22. The van der Waals surface area contributed by atoms with E-state index in [1.54, 1.807) is 17.0 Å². The molecular weight excluding hydrogens is 338 g/mol. The predicted molar refractivity (Wildman–Crippen MR) is 95.3 cm³/mol. The number of hydrogen-bond donors (Lipinski definition) is 2. The van der Waals surface area contributed by atoms with Crippen LogP contribution in [0.2, 0.25) is 0 Å². The van der Waals surface area contributed by atoms with Gasteiger partial charge >= 0.3 is 6.03 Å². The zero-order valence-corrected chi connectivity index (χ0v) is 14.8. The fraction of sp³-hybridized carbons (Fsp3) is 0.278. The summed E-state index contributed by atoms with van der Waals surface area (Å²) in [6.07, 6.45) is 0.832. The Morgan fingerprint density at radius 1 is 1.16 bits per heavy atom. The average molecular weight is 359 g/mol. The van der Waals surface area contributed by atoms with Crippen molar-refractivity contribution in [3.63, 3.8) is 0 Å². The van der Waals surface area contributed by atoms with Crippen LogP contribution in [-0.2, 0) is 23.0 Å². The highest BCUT2D eigenvalue weighted by molar-refractivity contribution is 7.89. The van der Waals surface area contributed by atoms with E-state index in [1.807, 2.05) is 25.1 Å². The Morgan fingerprint density at radius 3 is 2.60 bits per heavy atom. The van der Waals surface area contributed by atoms with Crippen LogP contribution in [-0.4, -0.2) is 25.9 Å². The molecule has 3 rings (SSSR count). The zero-order valence-electron chi connectivity index (χ0n) is 14.0. The Balaban J connectivity index is 1.69. The summed E-state index contributed by atoms with van der Waals surface area (Å²) in [6, 6.07) is 13.9. The number of sulfonamides is 1. The first kappa shape index (κ1) is 17.4. The van der Waals surface area contributed by atoms with Gasteiger partial charge in [0.05, 0.1) is 10.9 Å². The number of urea groups is 1. The van der Waals surface area contributed by atoms with Gasteiger partial charge in [-0.3, -0.25) is 0 Å². The molecule has 0 spiro atoms. The van der Waals surface area contributed by atoms with Crippen LogP contribution >= 0.6 is 0 Å². The molecule has 0 aliphatic carbocycles. The van der Waals surface area contributed by atoms with Crippen molar-refractivity contribution in [2.75, 3.05) is 6.54 Å². The van der Waals surface area contributed by atoms with Crippen molar-refractivity contribution in [3.8, 4) is 0 Å². The molecule has 1 heterocycles. The first-order valence-corrected chi connectivity index (χ1v) is 9.64. The van der Waals surface area contributed by atoms with Crippen molar-refractivity contribution in [3.05, 3.63) is 65.2 Å². The van der Waals surface area contributed by atoms with Gasteiger partial charge < -0.3 is 10.2 Å². The number of primary sulfonamides is 1. The maximum absolute atomic E-state index is 12.5. The van der Waals surface area contributed by atoms with E-state index < -0.39 is 10.0 Å². The van der Waals surface area contributed by atoms with Gasteiger partial charge in [-0.15, -0.1) is 0 Å². The molecule has 6 nitrogen and oxygen atoms in total. The minimum absolute atomic E-state index is 0.0398. The van der Waals surface area contributed by atoms with E-state index >= 15 is 0 Å². The van der Waals surface area contributed by atoms with Crippen LogP contribution in [0.5, 0.6) is 0 Å². The van der Waals surface area contributed by atoms with Crippen molar-refractivity contribution in [1.29, 1.82) is 0 Å². The summed E-state index contributed by atoms with van der Waals surface area (Å²) in [5, 5.41) is 8.09. The molecule has 132 valence electrons. The maximum Gasteiger partial charge on any atom is 0.318 e. The number of fused-ring (bicyclic) bond motifs is 1. The zero-order chi connectivity index (χ0) is 18.0. The molecule has 0 saturated carbocycles. The topological polar surface area (TPSA) is 92.5 Å². The van der Waals surface area contributed by atoms with Crippen molar-refractivity contribution in [2.24, 2.45) is 5.14 Å². The van der Waals surface area contributed by atoms with E-state index in [2.05, 4.69) is 11.4 Å². The summed E-state index contributed by atoms with van der Waals surface area (Å²) in [4.78, 5) is 14.4. The highest BCUT2D eigenvalue weighted by Crippen LogP contribution is 2.20. The number of rotatable bonds is 3. The van der Waals surface area contributed by atoms with Crippen molar-refractivity contribution >= 4 is 16.1 Å². The van der Waals surface area contributed by atoms with Crippen LogP contribution in [0.4, 0.5) is 4.79 Å². The summed E-state index contributed by atoms with van der Waals surface area (Å²) in [6.45, 7) is 3.05. The van der Waals surface area contributed by atoms with Gasteiger partial charge in [0.25, 0.3) is 0 Å². The molecular formula is C18H21N3O3S. The third-order valence-electron chi connectivity index (χ3n) is 4.44. The molecule has 1 unspecified atom stereocenters. The number of nitrogens with zero attached hydrogens (tertiary/aromatic N) is 1. The quantitative estimate of drug-likeness (QED) is 0.879. The van der Waals surface area contributed by atoms with Crippen molar-refractivity contribution in [2.45, 2.75) is 30.8 Å². The minimum atomic E-state index is -3.76. The van der Waals surface area contributed by atoms with Gasteiger partial charge in [0.2, 0.25) is 10.0 Å². The third kappa shape index (κ3) is 4.00. The minimum Gasteiger partial charge on any atom is -0.331 e. The first-order valence-electron chi connectivity index (χ1n) is 8.09. The number of nitrogens with one attached hydrogen (secondary N) is 1. The number of nitrogens with two attached hydrogens (primary N) is 1. The summed E-state index contributed by atoms with van der Waals surface area (Å²) in [7, 11) is -3.76. The Kier molecular flexibility index (Phi) is 4.78. The molecule has 3 N–H and O–H groups in total. The summed E-state index contributed by atoms with van der Waals surface area (Å²) < 4.78 is 23.0. The van der Waals surface area contributed by atoms with Crippen LogP contribution in [0.25, 0.3) is 0 Å². The van der Waals surface area contributed by atoms with E-state index in [-0.39, 0.29) is 17.0 Å². The van der Waals surface area contributed by atoms with E-state index in [9.17, 15) is 13.2 Å². The van der Waals surface area contributed by atoms with Gasteiger partial charge in [0.15, 0.2) is 0 Å². The molecule has 2 amide bonds. The van der Waals surface area contributed by atoms with Gasteiger partial charge in [0.1, 0.15) is 0 Å². The molecule has 1 aliphatic heterocycles. The van der Waals surface area contributed by atoms with Crippen molar-refractivity contribution in [1.82, 2.24) is 10.2 Å². The lowest BCUT2D eigenvalue weighted by Crippen LogP contribution is -2.43. The SMILES string of the molecule is CC(NC(=O)N1CCc2ccccc2C1)c1cccc(S(N)(=O)=O)c1. The maximum atomic E-state index is 12.5. The van der Waals surface area contributed by atoms with Gasteiger partial charge in [-0.1, -0.05) is 36.4 Å². The van der Waals surface area contributed by atoms with Crippen molar-refractivity contribution < 1.29 is 13.2 Å². The number of benzene rings is 2. The van der Waals surface area contributed by atoms with E-state index in [1.165, 1.54) is 17.7 Å². The normalized spacial score (nSPS) is 15.4. The second kappa shape index (κ2) is 6.85. The molecule has 0 saturated heterocycles. The molecule has 1 atom stereocenters. The Labute approximate surface area is 147 Å². The van der Waals surface area contributed by atoms with Gasteiger partial charge in [-0.25, -0.2) is 18.4 Å². The molecule has 2 aromatic carbocycles. The molecule has 2 aromatic rings. The molecule has 0 aromatic heterocycles. The van der Waals surface area contributed by atoms with Crippen LogP contribution in [0.15, 0.2) is 53.4 Å². The molecule has 7 heteroatoms. The van der Waals surface area contributed by atoms with Gasteiger partial charge in [-0.05, 0) is 42.2 Å². The van der Waals surface area contributed by atoms with Crippen LogP contribution < -0.4 is 10.5 Å². The van der Waals surface area contributed by atoms with E-state index in [4.69, 9.17) is 5.14 Å². The monoisotopic (exact) mass is 359 g/mol. The highest BCUT2D eigenvalue weighted by atomic mass is 32.2. The predicted octanol–water partition coefficient (Wildman–Crippen LogP) is 2.16. The number of carbonyl (C=O) groups is 1. The lowest BCUT2D eigenvalue weighted by molar-refractivity contribution is 0.189. The van der Waals surface area contributed by atoms with Gasteiger partial charge in [-0.2, -0.15) is 0 Å². The molecule has 1 aliphatic rings. The van der Waals surface area contributed by atoms with Gasteiger partial charge in [0, 0.05) is 13.1 Å². The summed E-state index contributed by atoms with van der Waals surface area (Å²) >= 11 is 0. The fourth-order valence-electron chi connectivity index (χ4n) is 2.99.